The minimum Gasteiger partial charge on any atom is -0.397 e. The summed E-state index contributed by atoms with van der Waals surface area (Å²) < 4.78 is 0. The normalized spacial score (nSPS) is 15.3. The zero-order valence-electron chi connectivity index (χ0n) is 11.9. The van der Waals surface area contributed by atoms with Crippen LogP contribution in [-0.4, -0.2) is 11.9 Å². The van der Waals surface area contributed by atoms with E-state index in [0.717, 1.165) is 5.69 Å². The molecular formula is C15H25N3O. The Labute approximate surface area is 115 Å². The standard InChI is InChI=1S/C13H19N3O.C2H6/c14-11-8-9(13(15)17)6-7-12(11)16-10-4-2-1-3-5-10;1-2/h6-8,10,16H,1-5,14H2,(H2,15,17);1-2H3. The molecular weight excluding hydrogens is 238 g/mol. The number of carbonyl (C=O) groups excluding carboxylic acids is 1. The summed E-state index contributed by atoms with van der Waals surface area (Å²) in [7, 11) is 0. The summed E-state index contributed by atoms with van der Waals surface area (Å²) in [6.45, 7) is 4.00. The second-order valence-electron chi connectivity index (χ2n) is 4.65. The zero-order chi connectivity index (χ0) is 14.3. The lowest BCUT2D eigenvalue weighted by Crippen LogP contribution is -2.23. The first-order valence-corrected chi connectivity index (χ1v) is 7.12. The highest BCUT2D eigenvalue weighted by Gasteiger charge is 2.14. The summed E-state index contributed by atoms with van der Waals surface area (Å²) in [4.78, 5) is 11.0. The van der Waals surface area contributed by atoms with Crippen molar-refractivity contribution in [3.8, 4) is 0 Å². The Morgan fingerprint density at radius 2 is 1.84 bits per heavy atom. The summed E-state index contributed by atoms with van der Waals surface area (Å²) in [6, 6.07) is 5.69. The van der Waals surface area contributed by atoms with Crippen LogP contribution in [0.25, 0.3) is 0 Å². The number of primary amides is 1. The van der Waals surface area contributed by atoms with Gasteiger partial charge in [0.05, 0.1) is 11.4 Å². The lowest BCUT2D eigenvalue weighted by molar-refractivity contribution is 0.100. The fourth-order valence-corrected chi connectivity index (χ4v) is 2.31. The van der Waals surface area contributed by atoms with Crippen molar-refractivity contribution in [3.63, 3.8) is 0 Å². The quantitative estimate of drug-likeness (QED) is 0.733. The van der Waals surface area contributed by atoms with Crippen molar-refractivity contribution >= 4 is 17.3 Å². The molecule has 19 heavy (non-hydrogen) atoms. The molecule has 1 amide bonds. The van der Waals surface area contributed by atoms with Crippen LogP contribution < -0.4 is 16.8 Å². The first kappa shape index (κ1) is 15.3. The second kappa shape index (κ2) is 7.67. The van der Waals surface area contributed by atoms with Gasteiger partial charge in [0, 0.05) is 11.6 Å². The van der Waals surface area contributed by atoms with Gasteiger partial charge in [0.25, 0.3) is 0 Å². The number of hydrogen-bond donors (Lipinski definition) is 3. The van der Waals surface area contributed by atoms with E-state index in [4.69, 9.17) is 11.5 Å². The van der Waals surface area contributed by atoms with Gasteiger partial charge in [0.1, 0.15) is 0 Å². The third-order valence-electron chi connectivity index (χ3n) is 3.30. The van der Waals surface area contributed by atoms with E-state index >= 15 is 0 Å². The third-order valence-corrected chi connectivity index (χ3v) is 3.30. The average Bonchev–Trinajstić information content (AvgIpc) is 2.44. The smallest absolute Gasteiger partial charge is 0.248 e. The molecule has 0 aromatic heterocycles. The molecule has 1 aromatic rings. The van der Waals surface area contributed by atoms with Crippen LogP contribution in [0.5, 0.6) is 0 Å². The SMILES string of the molecule is CC.NC(=O)c1ccc(NC2CCCCC2)c(N)c1. The number of rotatable bonds is 3. The van der Waals surface area contributed by atoms with Crippen molar-refractivity contribution in [2.24, 2.45) is 5.73 Å². The monoisotopic (exact) mass is 263 g/mol. The Morgan fingerprint density at radius 3 is 2.37 bits per heavy atom. The van der Waals surface area contributed by atoms with E-state index in [2.05, 4.69) is 5.32 Å². The van der Waals surface area contributed by atoms with Gasteiger partial charge in [0.2, 0.25) is 5.91 Å². The summed E-state index contributed by atoms with van der Waals surface area (Å²) in [5.74, 6) is -0.444. The van der Waals surface area contributed by atoms with Crippen molar-refractivity contribution in [2.45, 2.75) is 52.0 Å². The summed E-state index contributed by atoms with van der Waals surface area (Å²) in [5, 5.41) is 3.44. The topological polar surface area (TPSA) is 81.1 Å². The number of anilines is 2. The van der Waals surface area contributed by atoms with Gasteiger partial charge >= 0.3 is 0 Å². The number of nitrogen functional groups attached to an aromatic ring is 1. The number of nitrogens with one attached hydrogen (secondary N) is 1. The maximum atomic E-state index is 11.0. The number of benzene rings is 1. The van der Waals surface area contributed by atoms with Crippen molar-refractivity contribution in [2.75, 3.05) is 11.1 Å². The molecule has 0 heterocycles. The molecule has 1 aromatic carbocycles. The van der Waals surface area contributed by atoms with Crippen LogP contribution in [0.4, 0.5) is 11.4 Å². The second-order valence-corrected chi connectivity index (χ2v) is 4.65. The first-order valence-electron chi connectivity index (χ1n) is 7.12. The van der Waals surface area contributed by atoms with Gasteiger partial charge in [-0.05, 0) is 31.0 Å². The highest BCUT2D eigenvalue weighted by molar-refractivity contribution is 5.94. The van der Waals surface area contributed by atoms with Gasteiger partial charge in [-0.15, -0.1) is 0 Å². The fourth-order valence-electron chi connectivity index (χ4n) is 2.31. The number of nitrogens with two attached hydrogens (primary N) is 2. The van der Waals surface area contributed by atoms with E-state index in [9.17, 15) is 4.79 Å². The Hall–Kier alpha value is -1.71. The van der Waals surface area contributed by atoms with Crippen LogP contribution in [0.2, 0.25) is 0 Å². The van der Waals surface area contributed by atoms with E-state index in [1.165, 1.54) is 32.1 Å². The van der Waals surface area contributed by atoms with E-state index in [1.807, 2.05) is 19.9 Å². The minimum absolute atomic E-state index is 0.444. The van der Waals surface area contributed by atoms with Crippen molar-refractivity contribution in [1.29, 1.82) is 0 Å². The van der Waals surface area contributed by atoms with E-state index in [-0.39, 0.29) is 0 Å². The molecule has 4 nitrogen and oxygen atoms in total. The third kappa shape index (κ3) is 4.47. The van der Waals surface area contributed by atoms with E-state index in [0.29, 0.717) is 17.3 Å². The van der Waals surface area contributed by atoms with Gasteiger partial charge in [-0.3, -0.25) is 4.79 Å². The van der Waals surface area contributed by atoms with Gasteiger partial charge in [-0.25, -0.2) is 0 Å². The van der Waals surface area contributed by atoms with Gasteiger partial charge < -0.3 is 16.8 Å². The largest absolute Gasteiger partial charge is 0.397 e. The molecule has 1 fully saturated rings. The summed E-state index contributed by atoms with van der Waals surface area (Å²) >= 11 is 0. The van der Waals surface area contributed by atoms with Crippen molar-refractivity contribution < 1.29 is 4.79 Å². The Morgan fingerprint density at radius 1 is 1.21 bits per heavy atom. The Kier molecular flexibility index (Phi) is 6.19. The van der Waals surface area contributed by atoms with Crippen LogP contribution >= 0.6 is 0 Å². The zero-order valence-corrected chi connectivity index (χ0v) is 11.9. The molecule has 1 aliphatic carbocycles. The van der Waals surface area contributed by atoms with Gasteiger partial charge in [0.15, 0.2) is 0 Å². The number of carbonyl (C=O) groups is 1. The molecule has 0 spiro atoms. The molecule has 0 radical (unpaired) electrons. The lowest BCUT2D eigenvalue weighted by Gasteiger charge is -2.24. The molecule has 1 aliphatic rings. The van der Waals surface area contributed by atoms with Crippen molar-refractivity contribution in [1.82, 2.24) is 0 Å². The lowest BCUT2D eigenvalue weighted by atomic mass is 9.95. The molecule has 0 atom stereocenters. The molecule has 0 bridgehead atoms. The predicted octanol–water partition coefficient (Wildman–Crippen LogP) is 3.14. The summed E-state index contributed by atoms with van der Waals surface area (Å²) in [6.07, 6.45) is 6.26. The van der Waals surface area contributed by atoms with Crippen LogP contribution in [-0.2, 0) is 0 Å². The molecule has 0 saturated heterocycles. The molecule has 0 unspecified atom stereocenters. The highest BCUT2D eigenvalue weighted by atomic mass is 16.1. The Bertz CT molecular complexity index is 412. The maximum Gasteiger partial charge on any atom is 0.248 e. The van der Waals surface area contributed by atoms with E-state index in [1.54, 1.807) is 12.1 Å². The van der Waals surface area contributed by atoms with Gasteiger partial charge in [-0.2, -0.15) is 0 Å². The molecule has 106 valence electrons. The molecule has 2 rings (SSSR count). The Balaban J connectivity index is 0.000000861. The fraction of sp³-hybridized carbons (Fsp3) is 0.533. The van der Waals surface area contributed by atoms with Crippen LogP contribution in [0.1, 0.15) is 56.3 Å². The average molecular weight is 263 g/mol. The first-order chi connectivity index (χ1) is 9.16. The predicted molar refractivity (Wildman–Crippen MR) is 81.2 cm³/mol. The molecule has 5 N–H and O–H groups in total. The number of amides is 1. The van der Waals surface area contributed by atoms with Gasteiger partial charge in [-0.1, -0.05) is 33.1 Å². The molecule has 0 aliphatic heterocycles. The highest BCUT2D eigenvalue weighted by Crippen LogP contribution is 2.25. The van der Waals surface area contributed by atoms with Crippen LogP contribution in [0.15, 0.2) is 18.2 Å². The van der Waals surface area contributed by atoms with E-state index < -0.39 is 5.91 Å². The number of hydrogen-bond acceptors (Lipinski definition) is 3. The minimum atomic E-state index is -0.444. The van der Waals surface area contributed by atoms with Crippen molar-refractivity contribution in [3.05, 3.63) is 23.8 Å². The van der Waals surface area contributed by atoms with Crippen LogP contribution in [0, 0.1) is 0 Å². The maximum absolute atomic E-state index is 11.0. The molecule has 1 saturated carbocycles. The molecule has 4 heteroatoms. The van der Waals surface area contributed by atoms with Crippen LogP contribution in [0.3, 0.4) is 0 Å². The summed E-state index contributed by atoms with van der Waals surface area (Å²) in [5.41, 5.74) is 13.1.